The Bertz CT molecular complexity index is 776. The molecule has 1 aliphatic heterocycles. The molecule has 5 heteroatoms. The smallest absolute Gasteiger partial charge is 0.121 e. The van der Waals surface area contributed by atoms with Gasteiger partial charge < -0.3 is 19.9 Å². The summed E-state index contributed by atoms with van der Waals surface area (Å²) in [4.78, 5) is 0. The fraction of sp³-hybridized carbons (Fsp3) is 0.478. The third kappa shape index (κ3) is 4.42. The van der Waals surface area contributed by atoms with Crippen molar-refractivity contribution in [2.75, 3.05) is 33.4 Å². The average molecular weight is 404 g/mol. The monoisotopic (exact) mass is 403 g/mol. The first-order valence-electron chi connectivity index (χ1n) is 9.96. The Labute approximate surface area is 172 Å². The van der Waals surface area contributed by atoms with E-state index in [4.69, 9.17) is 21.1 Å². The summed E-state index contributed by atoms with van der Waals surface area (Å²) >= 11 is 6.73. The maximum absolute atomic E-state index is 9.32. The van der Waals surface area contributed by atoms with Gasteiger partial charge in [0.05, 0.1) is 6.61 Å². The van der Waals surface area contributed by atoms with Crippen LogP contribution in [0.5, 0.6) is 0 Å². The molecule has 0 spiro atoms. The van der Waals surface area contributed by atoms with Crippen molar-refractivity contribution in [3.8, 4) is 11.1 Å². The summed E-state index contributed by atoms with van der Waals surface area (Å²) in [5.41, 5.74) is 3.65. The highest BCUT2D eigenvalue weighted by molar-refractivity contribution is 6.33. The highest BCUT2D eigenvalue weighted by atomic mass is 35.5. The fourth-order valence-corrected chi connectivity index (χ4v) is 4.43. The third-order valence-electron chi connectivity index (χ3n) is 5.54. The van der Waals surface area contributed by atoms with Gasteiger partial charge in [-0.05, 0) is 43.4 Å². The van der Waals surface area contributed by atoms with Crippen LogP contribution < -0.4 is 5.32 Å². The number of rotatable bonds is 8. The molecule has 0 unspecified atom stereocenters. The number of benzene rings is 2. The first-order valence-corrected chi connectivity index (χ1v) is 10.3. The lowest BCUT2D eigenvalue weighted by Crippen LogP contribution is -2.52. The molecule has 152 valence electrons. The van der Waals surface area contributed by atoms with E-state index in [-0.39, 0.29) is 12.7 Å². The van der Waals surface area contributed by atoms with Crippen molar-refractivity contribution in [3.05, 3.63) is 58.6 Å². The van der Waals surface area contributed by atoms with Gasteiger partial charge in [-0.1, -0.05) is 53.6 Å². The average Bonchev–Trinajstić information content (AvgIpc) is 2.72. The second-order valence-corrected chi connectivity index (χ2v) is 7.78. The summed E-state index contributed by atoms with van der Waals surface area (Å²) in [6.45, 7) is 4.46. The Morgan fingerprint density at radius 1 is 1.25 bits per heavy atom. The zero-order chi connectivity index (χ0) is 20.0. The van der Waals surface area contributed by atoms with Crippen LogP contribution in [-0.4, -0.2) is 44.6 Å². The van der Waals surface area contributed by atoms with Crippen molar-refractivity contribution in [1.29, 1.82) is 0 Å². The summed E-state index contributed by atoms with van der Waals surface area (Å²) < 4.78 is 12.4. The minimum atomic E-state index is -0.646. The number of nitrogens with one attached hydrogen (secondary N) is 1. The van der Waals surface area contributed by atoms with E-state index in [0.29, 0.717) is 18.2 Å². The number of halogens is 1. The van der Waals surface area contributed by atoms with Gasteiger partial charge in [-0.25, -0.2) is 0 Å². The first kappa shape index (κ1) is 21.3. The Kier molecular flexibility index (Phi) is 7.49. The Balaban J connectivity index is 2.15. The molecule has 0 amide bonds. The Morgan fingerprint density at radius 2 is 2.07 bits per heavy atom. The number of aliphatic hydroxyl groups is 1. The maximum atomic E-state index is 9.32. The predicted octanol–water partition coefficient (Wildman–Crippen LogP) is 4.31. The van der Waals surface area contributed by atoms with Crippen LogP contribution in [0.1, 0.15) is 30.4 Å². The van der Waals surface area contributed by atoms with Gasteiger partial charge in [0.2, 0.25) is 0 Å². The van der Waals surface area contributed by atoms with Gasteiger partial charge in [-0.15, -0.1) is 0 Å². The van der Waals surface area contributed by atoms with Gasteiger partial charge in [0.15, 0.2) is 0 Å². The normalized spacial score (nSPS) is 19.4. The van der Waals surface area contributed by atoms with E-state index in [1.807, 2.05) is 12.1 Å². The second kappa shape index (κ2) is 9.86. The SMILES string of the molecule is CO[C@](CCCCO)(c1cccc(Cl)c1-c1cccc(C)c1)[C@H]1CNCCO1. The van der Waals surface area contributed by atoms with E-state index in [1.165, 1.54) is 5.56 Å². The highest BCUT2D eigenvalue weighted by Crippen LogP contribution is 2.44. The molecule has 3 rings (SSSR count). The van der Waals surface area contributed by atoms with Crippen molar-refractivity contribution >= 4 is 11.6 Å². The summed E-state index contributed by atoms with van der Waals surface area (Å²) in [5.74, 6) is 0. The minimum Gasteiger partial charge on any atom is -0.396 e. The van der Waals surface area contributed by atoms with E-state index in [2.05, 4.69) is 42.6 Å². The van der Waals surface area contributed by atoms with E-state index in [1.54, 1.807) is 7.11 Å². The van der Waals surface area contributed by atoms with E-state index in [9.17, 15) is 5.11 Å². The molecule has 0 bridgehead atoms. The molecule has 28 heavy (non-hydrogen) atoms. The largest absolute Gasteiger partial charge is 0.396 e. The summed E-state index contributed by atoms with van der Waals surface area (Å²) in [6, 6.07) is 14.4. The molecule has 0 aromatic heterocycles. The molecular weight excluding hydrogens is 374 g/mol. The molecular formula is C23H30ClNO3. The predicted molar refractivity (Wildman–Crippen MR) is 114 cm³/mol. The number of morpholine rings is 1. The molecule has 1 heterocycles. The van der Waals surface area contributed by atoms with Crippen molar-refractivity contribution in [1.82, 2.24) is 5.32 Å². The lowest BCUT2D eigenvalue weighted by atomic mass is 9.78. The molecule has 1 fully saturated rings. The van der Waals surface area contributed by atoms with Gasteiger partial charge >= 0.3 is 0 Å². The van der Waals surface area contributed by atoms with Crippen LogP contribution >= 0.6 is 11.6 Å². The number of unbranched alkanes of at least 4 members (excludes halogenated alkanes) is 1. The van der Waals surface area contributed by atoms with Crippen molar-refractivity contribution < 1.29 is 14.6 Å². The molecule has 2 N–H and O–H groups in total. The van der Waals surface area contributed by atoms with Crippen molar-refractivity contribution in [2.45, 2.75) is 37.9 Å². The standard InChI is InChI=1S/C23H30ClNO3/c1-17-7-5-8-18(15-17)22-19(9-6-10-20(22)24)23(27-2,11-3-4-13-26)21-16-25-12-14-28-21/h5-10,15,21,25-26H,3-4,11-14,16H2,1-2H3/t21-,23-/m1/s1. The maximum Gasteiger partial charge on any atom is 0.121 e. The van der Waals surface area contributed by atoms with Gasteiger partial charge in [-0.2, -0.15) is 0 Å². The zero-order valence-corrected chi connectivity index (χ0v) is 17.5. The molecule has 0 radical (unpaired) electrons. The van der Waals surface area contributed by atoms with Crippen LogP contribution in [0.25, 0.3) is 11.1 Å². The summed E-state index contributed by atoms with van der Waals surface area (Å²) in [6.07, 6.45) is 2.18. The Morgan fingerprint density at radius 3 is 2.75 bits per heavy atom. The molecule has 0 aliphatic carbocycles. The summed E-state index contributed by atoms with van der Waals surface area (Å²) in [5, 5.41) is 13.5. The van der Waals surface area contributed by atoms with Crippen LogP contribution in [0.15, 0.2) is 42.5 Å². The van der Waals surface area contributed by atoms with Gasteiger partial charge in [0.1, 0.15) is 11.7 Å². The number of ether oxygens (including phenoxy) is 2. The van der Waals surface area contributed by atoms with Crippen LogP contribution in [0.3, 0.4) is 0 Å². The fourth-order valence-electron chi connectivity index (χ4n) is 4.15. The topological polar surface area (TPSA) is 50.7 Å². The van der Waals surface area contributed by atoms with Gasteiger partial charge in [0.25, 0.3) is 0 Å². The molecule has 2 aromatic rings. The summed E-state index contributed by atoms with van der Waals surface area (Å²) in [7, 11) is 1.75. The van der Waals surface area contributed by atoms with Crippen molar-refractivity contribution in [3.63, 3.8) is 0 Å². The zero-order valence-electron chi connectivity index (χ0n) is 16.7. The third-order valence-corrected chi connectivity index (χ3v) is 5.86. The quantitative estimate of drug-likeness (QED) is 0.645. The van der Waals surface area contributed by atoms with E-state index in [0.717, 1.165) is 42.5 Å². The second-order valence-electron chi connectivity index (χ2n) is 7.37. The Hall–Kier alpha value is -1.43. The number of methoxy groups -OCH3 is 1. The number of hydrogen-bond donors (Lipinski definition) is 2. The molecule has 0 saturated carbocycles. The molecule has 1 aliphatic rings. The number of aliphatic hydroxyl groups excluding tert-OH is 1. The number of aryl methyl sites for hydroxylation is 1. The highest BCUT2D eigenvalue weighted by Gasteiger charge is 2.44. The first-order chi connectivity index (χ1) is 13.6. The van der Waals surface area contributed by atoms with Gasteiger partial charge in [-0.3, -0.25) is 0 Å². The molecule has 1 saturated heterocycles. The van der Waals surface area contributed by atoms with Gasteiger partial charge in [0, 0.05) is 37.4 Å². The lowest BCUT2D eigenvalue weighted by Gasteiger charge is -2.43. The minimum absolute atomic E-state index is 0.132. The number of hydrogen-bond acceptors (Lipinski definition) is 4. The lowest BCUT2D eigenvalue weighted by molar-refractivity contribution is -0.149. The molecule has 2 aromatic carbocycles. The van der Waals surface area contributed by atoms with Crippen molar-refractivity contribution in [2.24, 2.45) is 0 Å². The molecule has 4 nitrogen and oxygen atoms in total. The van der Waals surface area contributed by atoms with Crippen LogP contribution in [-0.2, 0) is 15.1 Å². The van der Waals surface area contributed by atoms with Crippen LogP contribution in [0, 0.1) is 6.92 Å². The van der Waals surface area contributed by atoms with Crippen LogP contribution in [0.4, 0.5) is 0 Å². The van der Waals surface area contributed by atoms with E-state index >= 15 is 0 Å². The molecule has 2 atom stereocenters. The van der Waals surface area contributed by atoms with E-state index < -0.39 is 5.60 Å². The van der Waals surface area contributed by atoms with Crippen LogP contribution in [0.2, 0.25) is 5.02 Å².